The van der Waals surface area contributed by atoms with Crippen molar-refractivity contribution in [1.82, 2.24) is 0 Å². The van der Waals surface area contributed by atoms with Crippen LogP contribution < -0.4 is 4.31 Å². The van der Waals surface area contributed by atoms with Crippen LogP contribution in [0.25, 0.3) is 0 Å². The molecule has 0 fully saturated rings. The van der Waals surface area contributed by atoms with Crippen molar-refractivity contribution in [3.63, 3.8) is 0 Å². The van der Waals surface area contributed by atoms with Crippen LogP contribution >= 0.6 is 11.9 Å². The largest absolute Gasteiger partial charge is 0.416 e. The van der Waals surface area contributed by atoms with Gasteiger partial charge in [-0.3, -0.25) is 0 Å². The number of nitrogens with zero attached hydrogens (tertiary/aromatic N) is 1. The summed E-state index contributed by atoms with van der Waals surface area (Å²) >= 11 is 1.48. The molecule has 5 heteroatoms. The summed E-state index contributed by atoms with van der Waals surface area (Å²) in [6, 6.07) is 5.19. The zero-order valence-corrected chi connectivity index (χ0v) is 8.48. The lowest BCUT2D eigenvalue weighted by Crippen LogP contribution is -2.10. The number of benzene rings is 1. The minimum atomic E-state index is -4.26. The van der Waals surface area contributed by atoms with Crippen molar-refractivity contribution in [2.24, 2.45) is 0 Å². The van der Waals surface area contributed by atoms with Gasteiger partial charge in [-0.05, 0) is 41.6 Å². The fraction of sp³-hybridized carbons (Fsp3) is 0.200. The number of halogens is 3. The summed E-state index contributed by atoms with van der Waals surface area (Å²) in [5.41, 5.74) is 0.182. The van der Waals surface area contributed by atoms with Crippen molar-refractivity contribution in [1.29, 1.82) is 0 Å². The van der Waals surface area contributed by atoms with Gasteiger partial charge in [0, 0.05) is 12.2 Å². The van der Waals surface area contributed by atoms with Crippen molar-refractivity contribution in [3.05, 3.63) is 41.3 Å². The predicted molar refractivity (Wildman–Crippen MR) is 55.5 cm³/mol. The van der Waals surface area contributed by atoms with E-state index in [4.69, 9.17) is 0 Å². The Bertz CT molecular complexity index is 361. The number of rotatable bonds is 1. The third-order valence-corrected chi connectivity index (χ3v) is 2.97. The average Bonchev–Trinajstić information content (AvgIpc) is 2.69. The molecule has 0 bridgehead atoms. The Hall–Kier alpha value is -1.10. The second kappa shape index (κ2) is 3.81. The first-order valence-corrected chi connectivity index (χ1v) is 5.17. The Balaban J connectivity index is 2.17. The Morgan fingerprint density at radius 3 is 2.27 bits per heavy atom. The molecule has 1 aromatic rings. The summed E-state index contributed by atoms with van der Waals surface area (Å²) in [6.45, 7) is 0.732. The van der Waals surface area contributed by atoms with E-state index in [9.17, 15) is 13.2 Å². The Morgan fingerprint density at radius 1 is 1.13 bits per heavy atom. The molecule has 0 saturated heterocycles. The molecule has 0 aliphatic carbocycles. The lowest BCUT2D eigenvalue weighted by atomic mass is 10.2. The van der Waals surface area contributed by atoms with Crippen LogP contribution in [0.15, 0.2) is 35.7 Å². The Labute approximate surface area is 89.7 Å². The van der Waals surface area contributed by atoms with E-state index in [0.717, 1.165) is 24.4 Å². The van der Waals surface area contributed by atoms with Crippen LogP contribution in [-0.4, -0.2) is 6.54 Å². The van der Waals surface area contributed by atoms with Crippen LogP contribution in [0.5, 0.6) is 0 Å². The molecule has 1 aliphatic heterocycles. The summed E-state index contributed by atoms with van der Waals surface area (Å²) in [7, 11) is 0. The van der Waals surface area contributed by atoms with E-state index in [2.05, 4.69) is 0 Å². The summed E-state index contributed by atoms with van der Waals surface area (Å²) in [5, 5.41) is 1.91. The summed E-state index contributed by atoms with van der Waals surface area (Å²) in [4.78, 5) is 0. The highest BCUT2D eigenvalue weighted by molar-refractivity contribution is 8.03. The molecule has 0 saturated carbocycles. The fourth-order valence-corrected chi connectivity index (χ4v) is 2.02. The first-order chi connectivity index (χ1) is 7.07. The van der Waals surface area contributed by atoms with Crippen molar-refractivity contribution < 1.29 is 13.2 Å². The van der Waals surface area contributed by atoms with Gasteiger partial charge in [0.15, 0.2) is 0 Å². The van der Waals surface area contributed by atoms with Gasteiger partial charge in [0.2, 0.25) is 0 Å². The molecule has 15 heavy (non-hydrogen) atoms. The fourth-order valence-electron chi connectivity index (χ4n) is 1.28. The topological polar surface area (TPSA) is 3.24 Å². The van der Waals surface area contributed by atoms with Gasteiger partial charge in [-0.25, -0.2) is 0 Å². The third kappa shape index (κ3) is 2.28. The van der Waals surface area contributed by atoms with Crippen molar-refractivity contribution in [2.45, 2.75) is 6.18 Å². The van der Waals surface area contributed by atoms with Gasteiger partial charge >= 0.3 is 6.18 Å². The molecule has 0 aromatic heterocycles. The molecule has 1 heterocycles. The monoisotopic (exact) mass is 231 g/mol. The maximum Gasteiger partial charge on any atom is 0.416 e. The molecule has 2 rings (SSSR count). The van der Waals surface area contributed by atoms with Crippen LogP contribution in [0.4, 0.5) is 18.9 Å². The smallest absolute Gasteiger partial charge is 0.309 e. The number of hydrogen-bond acceptors (Lipinski definition) is 2. The molecule has 0 spiro atoms. The minimum absolute atomic E-state index is 0.608. The molecule has 80 valence electrons. The second-order valence-corrected chi connectivity index (χ2v) is 4.01. The maximum atomic E-state index is 12.3. The Morgan fingerprint density at radius 2 is 1.80 bits per heavy atom. The average molecular weight is 231 g/mol. The molecule has 1 nitrogen and oxygen atoms in total. The second-order valence-electron chi connectivity index (χ2n) is 3.08. The minimum Gasteiger partial charge on any atom is -0.309 e. The third-order valence-electron chi connectivity index (χ3n) is 2.04. The van der Waals surface area contributed by atoms with E-state index >= 15 is 0 Å². The lowest BCUT2D eigenvalue weighted by molar-refractivity contribution is -0.137. The van der Waals surface area contributed by atoms with Gasteiger partial charge in [-0.2, -0.15) is 13.2 Å². The highest BCUT2D eigenvalue weighted by atomic mass is 32.2. The number of hydrogen-bond donors (Lipinski definition) is 0. The molecule has 1 aliphatic rings. The van der Waals surface area contributed by atoms with Crippen molar-refractivity contribution in [3.8, 4) is 0 Å². The van der Waals surface area contributed by atoms with Gasteiger partial charge in [0.05, 0.1) is 5.56 Å². The van der Waals surface area contributed by atoms with E-state index in [0.29, 0.717) is 0 Å². The zero-order valence-electron chi connectivity index (χ0n) is 7.66. The summed E-state index contributed by atoms with van der Waals surface area (Å²) in [6.07, 6.45) is -2.29. The highest BCUT2D eigenvalue weighted by Gasteiger charge is 2.30. The Kier molecular flexibility index (Phi) is 2.65. The maximum absolute atomic E-state index is 12.3. The number of alkyl halides is 3. The van der Waals surface area contributed by atoms with E-state index in [1.807, 2.05) is 15.8 Å². The SMILES string of the molecule is FC(F)(F)c1ccc(N2CC=CS2)cc1. The summed E-state index contributed by atoms with van der Waals surface area (Å²) < 4.78 is 38.7. The van der Waals surface area contributed by atoms with Crippen LogP contribution in [0.1, 0.15) is 5.56 Å². The molecule has 0 atom stereocenters. The molecule has 0 N–H and O–H groups in total. The van der Waals surface area contributed by atoms with E-state index in [1.165, 1.54) is 24.1 Å². The molecular weight excluding hydrogens is 223 g/mol. The number of anilines is 1. The van der Waals surface area contributed by atoms with E-state index in [-0.39, 0.29) is 0 Å². The van der Waals surface area contributed by atoms with Crippen LogP contribution in [-0.2, 0) is 6.18 Å². The molecule has 1 aromatic carbocycles. The van der Waals surface area contributed by atoms with E-state index < -0.39 is 11.7 Å². The first kappa shape index (κ1) is 10.4. The van der Waals surface area contributed by atoms with Gasteiger partial charge in [-0.1, -0.05) is 6.08 Å². The first-order valence-electron chi connectivity index (χ1n) is 4.34. The van der Waals surface area contributed by atoms with Crippen LogP contribution in [0.2, 0.25) is 0 Å². The van der Waals surface area contributed by atoms with Crippen LogP contribution in [0.3, 0.4) is 0 Å². The molecular formula is C10H8F3NS. The van der Waals surface area contributed by atoms with Gasteiger partial charge in [-0.15, -0.1) is 0 Å². The van der Waals surface area contributed by atoms with Gasteiger partial charge in [0.25, 0.3) is 0 Å². The van der Waals surface area contributed by atoms with Crippen molar-refractivity contribution >= 4 is 17.6 Å². The highest BCUT2D eigenvalue weighted by Crippen LogP contribution is 2.32. The van der Waals surface area contributed by atoms with Gasteiger partial charge < -0.3 is 4.31 Å². The normalized spacial score (nSPS) is 16.1. The van der Waals surface area contributed by atoms with Gasteiger partial charge in [0.1, 0.15) is 0 Å². The molecule has 0 unspecified atom stereocenters. The molecule has 0 radical (unpaired) electrons. The predicted octanol–water partition coefficient (Wildman–Crippen LogP) is 3.69. The van der Waals surface area contributed by atoms with Crippen molar-refractivity contribution in [2.75, 3.05) is 10.8 Å². The summed E-state index contributed by atoms with van der Waals surface area (Å²) in [5.74, 6) is 0. The zero-order chi connectivity index (χ0) is 10.9. The standard InChI is InChI=1S/C10H8F3NS/c11-10(12,13)8-2-4-9(5-3-8)14-6-1-7-15-14/h1-5,7H,6H2. The van der Waals surface area contributed by atoms with Crippen LogP contribution in [0, 0.1) is 0 Å². The lowest BCUT2D eigenvalue weighted by Gasteiger charge is -2.16. The molecule has 0 amide bonds. The quantitative estimate of drug-likeness (QED) is 0.678. The van der Waals surface area contributed by atoms with E-state index in [1.54, 1.807) is 0 Å².